The molecule has 0 bridgehead atoms. The average Bonchev–Trinajstić information content (AvgIpc) is 3.01. The minimum Gasteiger partial charge on any atom is -0.462 e. The Morgan fingerprint density at radius 1 is 1.29 bits per heavy atom. The number of rotatable bonds is 6. The standard InChI is InChI=1S/C17H15NO6/c1-3-23-17(20)15(11(2)19)10-14-7-8-16(24-14)12-5-4-6-13(9-12)18(21)22/h4-10H,3H2,1-2H3/b15-10-. The Bertz CT molecular complexity index is 818. The van der Waals surface area contributed by atoms with E-state index >= 15 is 0 Å². The fourth-order valence-corrected chi connectivity index (χ4v) is 2.01. The highest BCUT2D eigenvalue weighted by molar-refractivity contribution is 6.19. The van der Waals surface area contributed by atoms with Crippen LogP contribution in [0.15, 0.2) is 46.4 Å². The molecule has 7 heteroatoms. The van der Waals surface area contributed by atoms with Gasteiger partial charge in [0, 0.05) is 17.7 Å². The van der Waals surface area contributed by atoms with Crippen molar-refractivity contribution < 1.29 is 23.7 Å². The van der Waals surface area contributed by atoms with Gasteiger partial charge in [0.15, 0.2) is 5.78 Å². The van der Waals surface area contributed by atoms with Gasteiger partial charge < -0.3 is 9.15 Å². The second-order valence-electron chi connectivity index (χ2n) is 4.84. The van der Waals surface area contributed by atoms with Crippen molar-refractivity contribution in [1.29, 1.82) is 0 Å². The molecule has 7 nitrogen and oxygen atoms in total. The van der Waals surface area contributed by atoms with Gasteiger partial charge in [-0.05, 0) is 32.1 Å². The molecule has 24 heavy (non-hydrogen) atoms. The number of furan rings is 1. The molecular formula is C17H15NO6. The summed E-state index contributed by atoms with van der Waals surface area (Å²) < 4.78 is 10.4. The first-order valence-electron chi connectivity index (χ1n) is 7.16. The fourth-order valence-electron chi connectivity index (χ4n) is 2.01. The quantitative estimate of drug-likeness (QED) is 0.201. The van der Waals surface area contributed by atoms with Crippen LogP contribution < -0.4 is 0 Å². The Labute approximate surface area is 137 Å². The number of hydrogen-bond donors (Lipinski definition) is 0. The van der Waals surface area contributed by atoms with Crippen LogP contribution in [0.2, 0.25) is 0 Å². The number of nitro groups is 1. The molecule has 0 unspecified atom stereocenters. The van der Waals surface area contributed by atoms with Gasteiger partial charge in [0.05, 0.1) is 11.5 Å². The summed E-state index contributed by atoms with van der Waals surface area (Å²) in [6.07, 6.45) is 1.29. The van der Waals surface area contributed by atoms with Crippen molar-refractivity contribution >= 4 is 23.5 Å². The zero-order valence-electron chi connectivity index (χ0n) is 13.1. The van der Waals surface area contributed by atoms with Crippen molar-refractivity contribution in [2.24, 2.45) is 0 Å². The smallest absolute Gasteiger partial charge is 0.341 e. The van der Waals surface area contributed by atoms with Gasteiger partial charge >= 0.3 is 5.97 Å². The lowest BCUT2D eigenvalue weighted by atomic mass is 10.1. The number of ketones is 1. The van der Waals surface area contributed by atoms with Gasteiger partial charge in [-0.2, -0.15) is 0 Å². The summed E-state index contributed by atoms with van der Waals surface area (Å²) in [6, 6.07) is 9.14. The molecule has 1 heterocycles. The van der Waals surface area contributed by atoms with Gasteiger partial charge in [-0.3, -0.25) is 14.9 Å². The van der Waals surface area contributed by atoms with Crippen molar-refractivity contribution in [3.05, 3.63) is 57.8 Å². The monoisotopic (exact) mass is 329 g/mol. The topological polar surface area (TPSA) is 99.7 Å². The molecule has 2 rings (SSSR count). The third-order valence-electron chi connectivity index (χ3n) is 3.13. The number of esters is 1. The summed E-state index contributed by atoms with van der Waals surface area (Å²) in [7, 11) is 0. The summed E-state index contributed by atoms with van der Waals surface area (Å²) >= 11 is 0. The predicted octanol–water partition coefficient (Wildman–Crippen LogP) is 3.39. The highest BCUT2D eigenvalue weighted by Gasteiger charge is 2.17. The molecule has 1 aromatic heterocycles. The highest BCUT2D eigenvalue weighted by Crippen LogP contribution is 2.26. The third-order valence-corrected chi connectivity index (χ3v) is 3.13. The van der Waals surface area contributed by atoms with Crippen LogP contribution >= 0.6 is 0 Å². The molecule has 0 saturated heterocycles. The Hall–Kier alpha value is -3.22. The Morgan fingerprint density at radius 3 is 2.67 bits per heavy atom. The minimum atomic E-state index is -0.724. The molecule has 0 aliphatic heterocycles. The van der Waals surface area contributed by atoms with Crippen LogP contribution in [0.1, 0.15) is 19.6 Å². The van der Waals surface area contributed by atoms with Crippen LogP contribution in [-0.2, 0) is 14.3 Å². The van der Waals surface area contributed by atoms with E-state index < -0.39 is 16.7 Å². The van der Waals surface area contributed by atoms with E-state index in [0.29, 0.717) is 11.3 Å². The van der Waals surface area contributed by atoms with Crippen LogP contribution in [0.4, 0.5) is 5.69 Å². The fraction of sp³-hybridized carbons (Fsp3) is 0.176. The van der Waals surface area contributed by atoms with Gasteiger partial charge in [-0.25, -0.2) is 4.79 Å². The number of carbonyl (C=O) groups excluding carboxylic acids is 2. The first-order chi connectivity index (χ1) is 11.4. The lowest BCUT2D eigenvalue weighted by Crippen LogP contribution is -2.13. The molecule has 124 valence electrons. The van der Waals surface area contributed by atoms with Crippen molar-refractivity contribution in [3.63, 3.8) is 0 Å². The number of carbonyl (C=O) groups is 2. The lowest BCUT2D eigenvalue weighted by molar-refractivity contribution is -0.384. The molecule has 0 amide bonds. The van der Waals surface area contributed by atoms with E-state index in [9.17, 15) is 19.7 Å². The number of Topliss-reactive ketones (excluding diaryl/α,β-unsaturated/α-hetero) is 1. The lowest BCUT2D eigenvalue weighted by Gasteiger charge is -2.02. The third kappa shape index (κ3) is 3.95. The molecule has 0 saturated carbocycles. The van der Waals surface area contributed by atoms with Gasteiger partial charge in [-0.15, -0.1) is 0 Å². The number of benzene rings is 1. The summed E-state index contributed by atoms with van der Waals surface area (Å²) in [5.41, 5.74) is 0.332. The van der Waals surface area contributed by atoms with Gasteiger partial charge in [0.1, 0.15) is 17.1 Å². The summed E-state index contributed by atoms with van der Waals surface area (Å²) in [4.78, 5) is 33.7. The number of nitro benzene ring substituents is 1. The highest BCUT2D eigenvalue weighted by atomic mass is 16.6. The van der Waals surface area contributed by atoms with Crippen LogP contribution in [-0.4, -0.2) is 23.3 Å². The van der Waals surface area contributed by atoms with Crippen LogP contribution in [0, 0.1) is 10.1 Å². The van der Waals surface area contributed by atoms with E-state index in [1.54, 1.807) is 31.2 Å². The molecule has 2 aromatic rings. The summed E-state index contributed by atoms with van der Waals surface area (Å²) in [6.45, 7) is 3.05. The molecule has 0 aliphatic rings. The van der Waals surface area contributed by atoms with Crippen molar-refractivity contribution in [2.45, 2.75) is 13.8 Å². The van der Waals surface area contributed by atoms with E-state index in [2.05, 4.69) is 0 Å². The molecule has 0 spiro atoms. The zero-order valence-corrected chi connectivity index (χ0v) is 13.1. The average molecular weight is 329 g/mol. The molecule has 1 aromatic carbocycles. The van der Waals surface area contributed by atoms with E-state index in [0.717, 1.165) is 0 Å². The molecule has 0 atom stereocenters. The van der Waals surface area contributed by atoms with Crippen LogP contribution in [0.3, 0.4) is 0 Å². The van der Waals surface area contributed by atoms with Gasteiger partial charge in [0.2, 0.25) is 0 Å². The Kier molecular flexibility index (Phi) is 5.26. The van der Waals surface area contributed by atoms with E-state index in [4.69, 9.17) is 9.15 Å². The van der Waals surface area contributed by atoms with Crippen LogP contribution in [0.25, 0.3) is 17.4 Å². The van der Waals surface area contributed by atoms with Gasteiger partial charge in [-0.1, -0.05) is 12.1 Å². The Balaban J connectivity index is 2.34. The molecule has 0 radical (unpaired) electrons. The maximum Gasteiger partial charge on any atom is 0.341 e. The number of nitrogens with zero attached hydrogens (tertiary/aromatic N) is 1. The first-order valence-corrected chi connectivity index (χ1v) is 7.16. The van der Waals surface area contributed by atoms with E-state index in [1.807, 2.05) is 0 Å². The second-order valence-corrected chi connectivity index (χ2v) is 4.84. The van der Waals surface area contributed by atoms with Crippen molar-refractivity contribution in [2.75, 3.05) is 6.61 Å². The predicted molar refractivity (Wildman–Crippen MR) is 86.1 cm³/mol. The maximum atomic E-state index is 11.8. The largest absolute Gasteiger partial charge is 0.462 e. The Morgan fingerprint density at radius 2 is 2.04 bits per heavy atom. The normalized spacial score (nSPS) is 11.2. The van der Waals surface area contributed by atoms with E-state index in [-0.39, 0.29) is 23.6 Å². The molecule has 0 fully saturated rings. The SMILES string of the molecule is CCOC(=O)/C(=C\c1ccc(-c2cccc([N+](=O)[O-])c2)o1)C(C)=O. The zero-order chi connectivity index (χ0) is 17.7. The maximum absolute atomic E-state index is 11.8. The number of hydrogen-bond acceptors (Lipinski definition) is 6. The van der Waals surface area contributed by atoms with Crippen molar-refractivity contribution in [1.82, 2.24) is 0 Å². The first kappa shape index (κ1) is 17.1. The van der Waals surface area contributed by atoms with Gasteiger partial charge in [0.25, 0.3) is 5.69 Å². The van der Waals surface area contributed by atoms with Crippen molar-refractivity contribution in [3.8, 4) is 11.3 Å². The number of non-ortho nitro benzene ring substituents is 1. The second kappa shape index (κ2) is 7.36. The molecule has 0 aliphatic carbocycles. The summed E-state index contributed by atoms with van der Waals surface area (Å²) in [5, 5.41) is 10.8. The molecule has 0 N–H and O–H groups in total. The van der Waals surface area contributed by atoms with Crippen LogP contribution in [0.5, 0.6) is 0 Å². The van der Waals surface area contributed by atoms with E-state index in [1.165, 1.54) is 25.1 Å². The minimum absolute atomic E-state index is 0.0584. The summed E-state index contributed by atoms with van der Waals surface area (Å²) in [5.74, 6) is -0.508. The number of ether oxygens (including phenoxy) is 1. The molecular weight excluding hydrogens is 314 g/mol.